The van der Waals surface area contributed by atoms with Crippen LogP contribution in [-0.2, 0) is 0 Å². The molecular formula is C13H14O4. The quantitative estimate of drug-likeness (QED) is 0.882. The van der Waals surface area contributed by atoms with Gasteiger partial charge in [0.25, 0.3) is 0 Å². The van der Waals surface area contributed by atoms with Crippen molar-refractivity contribution < 1.29 is 19.0 Å². The predicted octanol–water partition coefficient (Wildman–Crippen LogP) is 2.38. The molecule has 0 saturated heterocycles. The lowest BCUT2D eigenvalue weighted by Gasteiger charge is -2.12. The fraction of sp³-hybridized carbons (Fsp3) is 0.231. The number of hydrogen-bond donors (Lipinski definition) is 1. The van der Waals surface area contributed by atoms with Crippen molar-refractivity contribution in [1.82, 2.24) is 0 Å². The molecule has 0 fully saturated rings. The maximum absolute atomic E-state index is 10.1. The lowest BCUT2D eigenvalue weighted by atomic mass is 10.0. The van der Waals surface area contributed by atoms with E-state index in [4.69, 9.17) is 13.9 Å². The zero-order valence-corrected chi connectivity index (χ0v) is 9.71. The summed E-state index contributed by atoms with van der Waals surface area (Å²) in [6, 6.07) is 7.02. The highest BCUT2D eigenvalue weighted by molar-refractivity contribution is 5.44. The second-order valence-corrected chi connectivity index (χ2v) is 3.57. The van der Waals surface area contributed by atoms with Crippen LogP contribution in [0.2, 0.25) is 0 Å². The highest BCUT2D eigenvalue weighted by Crippen LogP contribution is 2.32. The Balaban J connectivity index is 2.33. The molecule has 0 spiro atoms. The van der Waals surface area contributed by atoms with E-state index in [1.165, 1.54) is 12.5 Å². The Labute approximate surface area is 99.4 Å². The van der Waals surface area contributed by atoms with Gasteiger partial charge in [0.05, 0.1) is 26.7 Å². The van der Waals surface area contributed by atoms with E-state index in [-0.39, 0.29) is 0 Å². The van der Waals surface area contributed by atoms with E-state index in [1.54, 1.807) is 38.5 Å². The first kappa shape index (κ1) is 11.5. The highest BCUT2D eigenvalue weighted by Gasteiger charge is 2.14. The van der Waals surface area contributed by atoms with Crippen molar-refractivity contribution in [2.75, 3.05) is 14.2 Å². The van der Waals surface area contributed by atoms with Crippen LogP contribution in [0.1, 0.15) is 17.2 Å². The van der Waals surface area contributed by atoms with Crippen LogP contribution in [0.5, 0.6) is 11.5 Å². The van der Waals surface area contributed by atoms with Gasteiger partial charge >= 0.3 is 0 Å². The molecule has 4 heteroatoms. The number of methoxy groups -OCH3 is 2. The van der Waals surface area contributed by atoms with Gasteiger partial charge in [-0.25, -0.2) is 0 Å². The number of ether oxygens (including phenoxy) is 2. The van der Waals surface area contributed by atoms with Gasteiger partial charge in [0.15, 0.2) is 11.5 Å². The topological polar surface area (TPSA) is 51.8 Å². The summed E-state index contributed by atoms with van der Waals surface area (Å²) in [4.78, 5) is 0. The smallest absolute Gasteiger partial charge is 0.161 e. The molecule has 1 aromatic heterocycles. The van der Waals surface area contributed by atoms with Crippen molar-refractivity contribution >= 4 is 0 Å². The molecule has 4 nitrogen and oxygen atoms in total. The van der Waals surface area contributed by atoms with Crippen molar-refractivity contribution in [2.24, 2.45) is 0 Å². The molecule has 1 heterocycles. The second-order valence-electron chi connectivity index (χ2n) is 3.57. The molecule has 1 atom stereocenters. The standard InChI is InChI=1S/C13H14O4/c1-15-11-4-3-9(7-12(11)16-2)13(14)10-5-6-17-8-10/h3-8,13-14H,1-2H3. The number of furan rings is 1. The number of rotatable bonds is 4. The molecule has 0 radical (unpaired) electrons. The van der Waals surface area contributed by atoms with Gasteiger partial charge in [0.1, 0.15) is 6.10 Å². The SMILES string of the molecule is COc1ccc(C(O)c2ccoc2)cc1OC. The van der Waals surface area contributed by atoms with E-state index in [0.717, 1.165) is 5.56 Å². The Hall–Kier alpha value is -1.94. The van der Waals surface area contributed by atoms with Crippen molar-refractivity contribution in [3.05, 3.63) is 47.9 Å². The molecular weight excluding hydrogens is 220 g/mol. The van der Waals surface area contributed by atoms with Gasteiger partial charge in [-0.2, -0.15) is 0 Å². The predicted molar refractivity (Wildman–Crippen MR) is 62.3 cm³/mol. The first-order valence-corrected chi connectivity index (χ1v) is 5.18. The number of aliphatic hydroxyl groups is 1. The third-order valence-corrected chi connectivity index (χ3v) is 2.58. The first-order chi connectivity index (χ1) is 8.26. The highest BCUT2D eigenvalue weighted by atomic mass is 16.5. The van der Waals surface area contributed by atoms with E-state index in [2.05, 4.69) is 0 Å². The van der Waals surface area contributed by atoms with Crippen LogP contribution in [0.4, 0.5) is 0 Å². The Morgan fingerprint density at radius 3 is 2.41 bits per heavy atom. The van der Waals surface area contributed by atoms with E-state index in [0.29, 0.717) is 17.1 Å². The summed E-state index contributed by atoms with van der Waals surface area (Å²) in [5, 5.41) is 10.1. The van der Waals surface area contributed by atoms with Crippen LogP contribution in [0.15, 0.2) is 41.2 Å². The Kier molecular flexibility index (Phi) is 3.35. The molecule has 0 aliphatic heterocycles. The maximum atomic E-state index is 10.1. The molecule has 1 N–H and O–H groups in total. The third kappa shape index (κ3) is 2.26. The second kappa shape index (κ2) is 4.93. The van der Waals surface area contributed by atoms with Gasteiger partial charge in [-0.1, -0.05) is 6.07 Å². The number of benzene rings is 1. The van der Waals surface area contributed by atoms with Crippen LogP contribution in [0.3, 0.4) is 0 Å². The number of hydrogen-bond acceptors (Lipinski definition) is 4. The van der Waals surface area contributed by atoms with Crippen molar-refractivity contribution in [3.8, 4) is 11.5 Å². The monoisotopic (exact) mass is 234 g/mol. The molecule has 0 amide bonds. The summed E-state index contributed by atoms with van der Waals surface area (Å²) >= 11 is 0. The average Bonchev–Trinajstić information content (AvgIpc) is 2.90. The molecule has 0 aliphatic carbocycles. The summed E-state index contributed by atoms with van der Waals surface area (Å²) in [6.07, 6.45) is 2.31. The zero-order chi connectivity index (χ0) is 12.3. The minimum Gasteiger partial charge on any atom is -0.493 e. The van der Waals surface area contributed by atoms with Crippen molar-refractivity contribution in [1.29, 1.82) is 0 Å². The average molecular weight is 234 g/mol. The largest absolute Gasteiger partial charge is 0.493 e. The van der Waals surface area contributed by atoms with E-state index >= 15 is 0 Å². The Morgan fingerprint density at radius 2 is 1.82 bits per heavy atom. The molecule has 90 valence electrons. The summed E-state index contributed by atoms with van der Waals surface area (Å²) < 4.78 is 15.3. The van der Waals surface area contributed by atoms with E-state index in [1.807, 2.05) is 0 Å². The van der Waals surface area contributed by atoms with Gasteiger partial charge < -0.3 is 19.0 Å². The fourth-order valence-electron chi connectivity index (χ4n) is 1.65. The van der Waals surface area contributed by atoms with Crippen LogP contribution in [0.25, 0.3) is 0 Å². The lowest BCUT2D eigenvalue weighted by molar-refractivity contribution is 0.218. The summed E-state index contributed by atoms with van der Waals surface area (Å²) in [6.45, 7) is 0. The lowest BCUT2D eigenvalue weighted by Crippen LogP contribution is -1.99. The number of aliphatic hydroxyl groups excluding tert-OH is 1. The molecule has 0 saturated carbocycles. The van der Waals surface area contributed by atoms with Crippen LogP contribution < -0.4 is 9.47 Å². The summed E-state index contributed by atoms with van der Waals surface area (Å²) in [5.41, 5.74) is 1.43. The van der Waals surface area contributed by atoms with Gasteiger partial charge in [-0.05, 0) is 23.8 Å². The molecule has 17 heavy (non-hydrogen) atoms. The minimum atomic E-state index is -0.728. The van der Waals surface area contributed by atoms with Gasteiger partial charge in [-0.15, -0.1) is 0 Å². The molecule has 0 aliphatic rings. The van der Waals surface area contributed by atoms with Crippen molar-refractivity contribution in [2.45, 2.75) is 6.10 Å². The molecule has 2 rings (SSSR count). The van der Waals surface area contributed by atoms with E-state index in [9.17, 15) is 5.11 Å². The normalized spacial score (nSPS) is 12.2. The fourth-order valence-corrected chi connectivity index (χ4v) is 1.65. The molecule has 1 aromatic carbocycles. The Morgan fingerprint density at radius 1 is 1.06 bits per heavy atom. The molecule has 2 aromatic rings. The van der Waals surface area contributed by atoms with Crippen LogP contribution >= 0.6 is 0 Å². The van der Waals surface area contributed by atoms with Crippen molar-refractivity contribution in [3.63, 3.8) is 0 Å². The van der Waals surface area contributed by atoms with Gasteiger partial charge in [-0.3, -0.25) is 0 Å². The van der Waals surface area contributed by atoms with Gasteiger partial charge in [0.2, 0.25) is 0 Å². The van der Waals surface area contributed by atoms with Gasteiger partial charge in [0, 0.05) is 5.56 Å². The summed E-state index contributed by atoms with van der Waals surface area (Å²) in [7, 11) is 3.13. The van der Waals surface area contributed by atoms with Crippen LogP contribution in [0, 0.1) is 0 Å². The Bertz CT molecular complexity index is 476. The minimum absolute atomic E-state index is 0.590. The maximum Gasteiger partial charge on any atom is 0.161 e. The first-order valence-electron chi connectivity index (χ1n) is 5.18. The summed E-state index contributed by atoms with van der Waals surface area (Å²) in [5.74, 6) is 1.23. The molecule has 1 unspecified atom stereocenters. The van der Waals surface area contributed by atoms with E-state index < -0.39 is 6.10 Å². The molecule has 0 bridgehead atoms. The third-order valence-electron chi connectivity index (χ3n) is 2.58. The zero-order valence-electron chi connectivity index (χ0n) is 9.71. The van der Waals surface area contributed by atoms with Crippen LogP contribution in [-0.4, -0.2) is 19.3 Å².